The molecule has 0 spiro atoms. The summed E-state index contributed by atoms with van der Waals surface area (Å²) in [6.07, 6.45) is -3.94. The highest BCUT2D eigenvalue weighted by Gasteiger charge is 2.44. The fourth-order valence-corrected chi connectivity index (χ4v) is 2.89. The Labute approximate surface area is 135 Å². The Hall–Kier alpha value is -0.800. The van der Waals surface area contributed by atoms with E-state index in [1.165, 1.54) is 0 Å². The average Bonchev–Trinajstić information content (AvgIpc) is 2.53. The van der Waals surface area contributed by atoms with Crippen LogP contribution in [0.15, 0.2) is 23.8 Å². The lowest BCUT2D eigenvalue weighted by atomic mass is 9.84. The van der Waals surface area contributed by atoms with E-state index in [-0.39, 0.29) is 12.5 Å². The summed E-state index contributed by atoms with van der Waals surface area (Å²) < 4.78 is 10.7. The van der Waals surface area contributed by atoms with Crippen LogP contribution in [0.1, 0.15) is 19.8 Å². The van der Waals surface area contributed by atoms with Gasteiger partial charge in [0, 0.05) is 0 Å². The van der Waals surface area contributed by atoms with E-state index in [9.17, 15) is 20.4 Å². The van der Waals surface area contributed by atoms with Crippen LogP contribution in [0.4, 0.5) is 0 Å². The molecule has 0 radical (unpaired) electrons. The minimum absolute atomic E-state index is 0.0345. The van der Waals surface area contributed by atoms with E-state index in [0.29, 0.717) is 12.0 Å². The van der Waals surface area contributed by atoms with Crippen LogP contribution in [-0.4, -0.2) is 75.6 Å². The van der Waals surface area contributed by atoms with Crippen molar-refractivity contribution in [1.29, 1.82) is 0 Å². The van der Waals surface area contributed by atoms with Gasteiger partial charge in [0.2, 0.25) is 0 Å². The van der Waals surface area contributed by atoms with Crippen molar-refractivity contribution >= 4 is 0 Å². The molecule has 0 aromatic carbocycles. The van der Waals surface area contributed by atoms with Gasteiger partial charge in [-0.1, -0.05) is 18.2 Å². The minimum Gasteiger partial charge on any atom is -0.394 e. The van der Waals surface area contributed by atoms with Gasteiger partial charge in [-0.25, -0.2) is 0 Å². The first-order chi connectivity index (χ1) is 10.8. The standard InChI is InChI=1S/C16H26O7/c1-8(2)9-3-4-10(11(18)5-9)7-22-16-15(21)14(20)13(19)12(6-17)23-16/h4,9,11-21H,1,3,5-7H2,2H3/t9-,11+,12+,13+,14-,15+,16+/m0/s1. The number of aliphatic hydroxyl groups excluding tert-OH is 5. The topological polar surface area (TPSA) is 120 Å². The number of ether oxygens (including phenoxy) is 2. The SMILES string of the molecule is C=C(C)[C@H]1CC=C(CO[C@@H]2O[C@H](CO)[C@@H](O)[C@H](O)[C@H]2O)[C@H](O)C1. The fraction of sp³-hybridized carbons (Fsp3) is 0.750. The molecule has 0 aromatic rings. The molecule has 0 unspecified atom stereocenters. The number of rotatable bonds is 5. The molecule has 1 aliphatic carbocycles. The molecular formula is C16H26O7. The maximum absolute atomic E-state index is 10.2. The molecule has 2 rings (SSSR count). The van der Waals surface area contributed by atoms with Gasteiger partial charge < -0.3 is 35.0 Å². The summed E-state index contributed by atoms with van der Waals surface area (Å²) in [4.78, 5) is 0. The van der Waals surface area contributed by atoms with Crippen molar-refractivity contribution in [3.63, 3.8) is 0 Å². The van der Waals surface area contributed by atoms with E-state index >= 15 is 0 Å². The van der Waals surface area contributed by atoms with Gasteiger partial charge in [-0.2, -0.15) is 0 Å². The van der Waals surface area contributed by atoms with Gasteiger partial charge in [0.15, 0.2) is 6.29 Å². The van der Waals surface area contributed by atoms with Crippen molar-refractivity contribution in [2.45, 2.75) is 56.6 Å². The summed E-state index contributed by atoms with van der Waals surface area (Å²) in [6.45, 7) is 5.36. The van der Waals surface area contributed by atoms with Gasteiger partial charge in [0.05, 0.1) is 19.3 Å². The Balaban J connectivity index is 1.93. The molecular weight excluding hydrogens is 304 g/mol. The Morgan fingerprint density at radius 2 is 1.96 bits per heavy atom. The summed E-state index contributed by atoms with van der Waals surface area (Å²) in [5.74, 6) is 0.237. The minimum atomic E-state index is -1.47. The molecule has 132 valence electrons. The van der Waals surface area contributed by atoms with Gasteiger partial charge in [0.25, 0.3) is 0 Å². The maximum Gasteiger partial charge on any atom is 0.187 e. The third kappa shape index (κ3) is 4.19. The van der Waals surface area contributed by atoms with Crippen LogP contribution in [0, 0.1) is 5.92 Å². The van der Waals surface area contributed by atoms with Crippen molar-refractivity contribution in [3.8, 4) is 0 Å². The Kier molecular flexibility index (Phi) is 6.33. The van der Waals surface area contributed by atoms with Gasteiger partial charge in [-0.05, 0) is 31.3 Å². The van der Waals surface area contributed by atoms with E-state index in [2.05, 4.69) is 6.58 Å². The van der Waals surface area contributed by atoms with E-state index in [1.807, 2.05) is 13.0 Å². The first-order valence-corrected chi connectivity index (χ1v) is 7.79. The Morgan fingerprint density at radius 1 is 1.26 bits per heavy atom. The van der Waals surface area contributed by atoms with Crippen molar-refractivity contribution in [3.05, 3.63) is 23.8 Å². The number of hydrogen-bond donors (Lipinski definition) is 5. The number of aliphatic hydroxyl groups is 5. The molecule has 0 amide bonds. The molecule has 7 nitrogen and oxygen atoms in total. The monoisotopic (exact) mass is 330 g/mol. The van der Waals surface area contributed by atoms with Gasteiger partial charge in [-0.15, -0.1) is 0 Å². The summed E-state index contributed by atoms with van der Waals surface area (Å²) in [7, 11) is 0. The van der Waals surface area contributed by atoms with Crippen molar-refractivity contribution in [2.24, 2.45) is 5.92 Å². The highest BCUT2D eigenvalue weighted by atomic mass is 16.7. The maximum atomic E-state index is 10.2. The Bertz CT molecular complexity index is 448. The van der Waals surface area contributed by atoms with Crippen molar-refractivity contribution in [1.82, 2.24) is 0 Å². The van der Waals surface area contributed by atoms with Crippen LogP contribution >= 0.6 is 0 Å². The highest BCUT2D eigenvalue weighted by molar-refractivity contribution is 5.17. The van der Waals surface area contributed by atoms with E-state index < -0.39 is 43.4 Å². The quantitative estimate of drug-likeness (QED) is 0.413. The number of allylic oxidation sites excluding steroid dienone is 2. The first-order valence-electron chi connectivity index (χ1n) is 7.79. The van der Waals surface area contributed by atoms with Crippen LogP contribution < -0.4 is 0 Å². The van der Waals surface area contributed by atoms with E-state index in [4.69, 9.17) is 14.6 Å². The molecule has 0 bridgehead atoms. The first kappa shape index (κ1) is 18.5. The molecule has 23 heavy (non-hydrogen) atoms. The molecule has 7 heteroatoms. The Morgan fingerprint density at radius 3 is 2.52 bits per heavy atom. The normalized spacial score (nSPS) is 41.5. The summed E-state index contributed by atoms with van der Waals surface area (Å²) in [6, 6.07) is 0. The molecule has 1 heterocycles. The van der Waals surface area contributed by atoms with Crippen LogP contribution in [0.5, 0.6) is 0 Å². The van der Waals surface area contributed by atoms with Crippen molar-refractivity contribution in [2.75, 3.05) is 13.2 Å². The highest BCUT2D eigenvalue weighted by Crippen LogP contribution is 2.29. The van der Waals surface area contributed by atoms with Crippen molar-refractivity contribution < 1.29 is 35.0 Å². The summed E-state index contributed by atoms with van der Waals surface area (Å²) in [5.41, 5.74) is 1.70. The molecule has 1 fully saturated rings. The third-order valence-electron chi connectivity index (χ3n) is 4.56. The molecule has 0 saturated carbocycles. The smallest absolute Gasteiger partial charge is 0.187 e. The zero-order valence-electron chi connectivity index (χ0n) is 13.2. The molecule has 2 aliphatic rings. The molecule has 0 aromatic heterocycles. The third-order valence-corrected chi connectivity index (χ3v) is 4.56. The second kappa shape index (κ2) is 7.85. The second-order valence-electron chi connectivity index (χ2n) is 6.32. The lowest BCUT2D eigenvalue weighted by Crippen LogP contribution is -2.59. The fourth-order valence-electron chi connectivity index (χ4n) is 2.89. The van der Waals surface area contributed by atoms with E-state index in [1.54, 1.807) is 0 Å². The predicted molar refractivity (Wildman–Crippen MR) is 81.3 cm³/mol. The molecule has 1 aliphatic heterocycles. The molecule has 7 atom stereocenters. The zero-order chi connectivity index (χ0) is 17.1. The largest absolute Gasteiger partial charge is 0.394 e. The van der Waals surface area contributed by atoms with Crippen LogP contribution in [0.2, 0.25) is 0 Å². The molecule has 5 N–H and O–H groups in total. The summed E-state index contributed by atoms with van der Waals surface area (Å²) >= 11 is 0. The molecule has 1 saturated heterocycles. The lowest BCUT2D eigenvalue weighted by molar-refractivity contribution is -0.299. The van der Waals surface area contributed by atoms with Crippen LogP contribution in [0.3, 0.4) is 0 Å². The van der Waals surface area contributed by atoms with Crippen LogP contribution in [-0.2, 0) is 9.47 Å². The predicted octanol–water partition coefficient (Wildman–Crippen LogP) is -0.924. The average molecular weight is 330 g/mol. The van der Waals surface area contributed by atoms with Gasteiger partial charge in [-0.3, -0.25) is 0 Å². The zero-order valence-corrected chi connectivity index (χ0v) is 13.2. The number of hydrogen-bond acceptors (Lipinski definition) is 7. The van der Waals surface area contributed by atoms with Gasteiger partial charge in [0.1, 0.15) is 24.4 Å². The van der Waals surface area contributed by atoms with E-state index in [0.717, 1.165) is 12.0 Å². The van der Waals surface area contributed by atoms with Crippen LogP contribution in [0.25, 0.3) is 0 Å². The lowest BCUT2D eigenvalue weighted by Gasteiger charge is -2.40. The second-order valence-corrected chi connectivity index (χ2v) is 6.32. The summed E-state index contributed by atoms with van der Waals surface area (Å²) in [5, 5.41) is 48.6. The van der Waals surface area contributed by atoms with Gasteiger partial charge >= 0.3 is 0 Å².